The van der Waals surface area contributed by atoms with Crippen molar-refractivity contribution in [1.29, 1.82) is 0 Å². The fourth-order valence-electron chi connectivity index (χ4n) is 2.42. The smallest absolute Gasteiger partial charge is 0.333 e. The Morgan fingerprint density at radius 1 is 1.32 bits per heavy atom. The van der Waals surface area contributed by atoms with Gasteiger partial charge in [-0.1, -0.05) is 6.07 Å². The Bertz CT molecular complexity index is 665. The molecule has 5 nitrogen and oxygen atoms in total. The third-order valence-electron chi connectivity index (χ3n) is 3.52. The first kappa shape index (κ1) is 15.0. The lowest BCUT2D eigenvalue weighted by molar-refractivity contribution is -0.148. The summed E-state index contributed by atoms with van der Waals surface area (Å²) in [5.41, 5.74) is 0. The minimum absolute atomic E-state index is 0.0713. The van der Waals surface area contributed by atoms with Gasteiger partial charge in [0.25, 0.3) is 0 Å². The van der Waals surface area contributed by atoms with E-state index in [1.807, 2.05) is 17.5 Å². The lowest BCUT2D eigenvalue weighted by Gasteiger charge is -2.28. The van der Waals surface area contributed by atoms with Crippen LogP contribution in [-0.4, -0.2) is 32.1 Å². The van der Waals surface area contributed by atoms with Crippen LogP contribution in [0.15, 0.2) is 17.5 Å². The predicted molar refractivity (Wildman–Crippen MR) is 73.1 cm³/mol. The molecule has 0 spiro atoms. The van der Waals surface area contributed by atoms with Gasteiger partial charge in [0.1, 0.15) is 0 Å². The van der Waals surface area contributed by atoms with Crippen molar-refractivity contribution in [1.82, 2.24) is 19.7 Å². The second kappa shape index (κ2) is 5.71. The summed E-state index contributed by atoms with van der Waals surface area (Å²) in [6.07, 6.45) is -3.52. The Morgan fingerprint density at radius 3 is 2.82 bits per heavy atom. The molecule has 118 valence electrons. The molecule has 0 radical (unpaired) electrons. The normalized spacial score (nSPS) is 15.0. The summed E-state index contributed by atoms with van der Waals surface area (Å²) < 4.78 is 39.3. The van der Waals surface area contributed by atoms with Crippen LogP contribution in [0.3, 0.4) is 0 Å². The second-order valence-corrected chi connectivity index (χ2v) is 6.02. The fraction of sp³-hybridized carbons (Fsp3) is 0.462. The molecule has 2 aromatic rings. The maximum absolute atomic E-state index is 12.7. The zero-order chi connectivity index (χ0) is 15.7. The molecule has 0 fully saturated rings. The van der Waals surface area contributed by atoms with Gasteiger partial charge in [0, 0.05) is 24.4 Å². The molecule has 1 aliphatic heterocycles. The van der Waals surface area contributed by atoms with E-state index in [2.05, 4.69) is 10.2 Å². The lowest BCUT2D eigenvalue weighted by atomic mass is 10.2. The highest BCUT2D eigenvalue weighted by atomic mass is 32.1. The Kier molecular flexibility index (Phi) is 3.90. The molecule has 0 bridgehead atoms. The molecule has 0 aromatic carbocycles. The highest BCUT2D eigenvalue weighted by Gasteiger charge is 2.39. The van der Waals surface area contributed by atoms with Gasteiger partial charge in [-0.2, -0.15) is 13.2 Å². The molecule has 0 unspecified atom stereocenters. The maximum Gasteiger partial charge on any atom is 0.451 e. The molecule has 3 rings (SSSR count). The van der Waals surface area contributed by atoms with Crippen molar-refractivity contribution in [2.75, 3.05) is 6.54 Å². The molecule has 1 aliphatic rings. The minimum Gasteiger partial charge on any atom is -0.333 e. The summed E-state index contributed by atoms with van der Waals surface area (Å²) >= 11 is 1.58. The van der Waals surface area contributed by atoms with E-state index in [0.29, 0.717) is 12.8 Å². The molecule has 0 N–H and O–H groups in total. The van der Waals surface area contributed by atoms with Crippen LogP contribution in [0, 0.1) is 0 Å². The molecule has 1 amide bonds. The van der Waals surface area contributed by atoms with Crippen LogP contribution in [0.2, 0.25) is 0 Å². The van der Waals surface area contributed by atoms with Crippen molar-refractivity contribution >= 4 is 17.2 Å². The summed E-state index contributed by atoms with van der Waals surface area (Å²) in [6.45, 7) is 0.395. The van der Waals surface area contributed by atoms with E-state index in [-0.39, 0.29) is 31.4 Å². The van der Waals surface area contributed by atoms with Crippen LogP contribution in [0.1, 0.15) is 22.9 Å². The van der Waals surface area contributed by atoms with E-state index < -0.39 is 12.0 Å². The van der Waals surface area contributed by atoms with Crippen molar-refractivity contribution in [2.45, 2.75) is 32.1 Å². The molecule has 3 heterocycles. The summed E-state index contributed by atoms with van der Waals surface area (Å²) in [5, 5.41) is 8.71. The second-order valence-electron chi connectivity index (χ2n) is 4.98. The largest absolute Gasteiger partial charge is 0.451 e. The van der Waals surface area contributed by atoms with Crippen molar-refractivity contribution in [3.63, 3.8) is 0 Å². The number of carbonyl (C=O) groups excluding carboxylic acids is 1. The molecule has 0 saturated carbocycles. The zero-order valence-corrected chi connectivity index (χ0v) is 12.3. The van der Waals surface area contributed by atoms with Gasteiger partial charge in [0.05, 0.1) is 6.54 Å². The summed E-state index contributed by atoms with van der Waals surface area (Å²) in [7, 11) is 0. The standard InChI is InChI=1S/C13H13F3N4OS/c14-13(15,16)12-18-17-10-8-19(5-6-20(10)12)11(21)4-3-9-2-1-7-22-9/h1-2,7H,3-6,8H2. The van der Waals surface area contributed by atoms with Crippen LogP contribution < -0.4 is 0 Å². The number of aromatic nitrogens is 3. The lowest BCUT2D eigenvalue weighted by Crippen LogP contribution is -2.39. The van der Waals surface area contributed by atoms with E-state index in [0.717, 1.165) is 9.44 Å². The monoisotopic (exact) mass is 330 g/mol. The molecule has 0 aliphatic carbocycles. The van der Waals surface area contributed by atoms with Crippen LogP contribution in [-0.2, 0) is 30.5 Å². The van der Waals surface area contributed by atoms with Gasteiger partial charge in [-0.25, -0.2) is 0 Å². The van der Waals surface area contributed by atoms with E-state index in [1.165, 1.54) is 4.90 Å². The first-order chi connectivity index (χ1) is 10.4. The molecule has 2 aromatic heterocycles. The Morgan fingerprint density at radius 2 is 2.14 bits per heavy atom. The molecule has 22 heavy (non-hydrogen) atoms. The number of halogens is 3. The van der Waals surface area contributed by atoms with E-state index in [9.17, 15) is 18.0 Å². The number of alkyl halides is 3. The van der Waals surface area contributed by atoms with Crippen molar-refractivity contribution in [3.05, 3.63) is 34.0 Å². The number of carbonyl (C=O) groups is 1. The number of aryl methyl sites for hydroxylation is 1. The Balaban J connectivity index is 1.64. The van der Waals surface area contributed by atoms with Crippen LogP contribution >= 0.6 is 11.3 Å². The summed E-state index contributed by atoms with van der Waals surface area (Å²) in [6, 6.07) is 3.88. The summed E-state index contributed by atoms with van der Waals surface area (Å²) in [5.74, 6) is -0.882. The number of thiophene rings is 1. The number of nitrogens with zero attached hydrogens (tertiary/aromatic N) is 4. The van der Waals surface area contributed by atoms with Crippen molar-refractivity contribution in [3.8, 4) is 0 Å². The van der Waals surface area contributed by atoms with Gasteiger partial charge in [0.2, 0.25) is 11.7 Å². The van der Waals surface area contributed by atoms with Gasteiger partial charge in [-0.05, 0) is 17.9 Å². The van der Waals surface area contributed by atoms with Crippen LogP contribution in [0.4, 0.5) is 13.2 Å². The zero-order valence-electron chi connectivity index (χ0n) is 11.5. The molecular weight excluding hydrogens is 317 g/mol. The third-order valence-corrected chi connectivity index (χ3v) is 4.46. The quantitative estimate of drug-likeness (QED) is 0.868. The van der Waals surface area contributed by atoms with Gasteiger partial charge in [-0.3, -0.25) is 4.79 Å². The minimum atomic E-state index is -4.52. The molecule has 9 heteroatoms. The predicted octanol–water partition coefficient (Wildman–Crippen LogP) is 2.33. The van der Waals surface area contributed by atoms with E-state index in [4.69, 9.17) is 0 Å². The number of fused-ring (bicyclic) bond motifs is 1. The van der Waals surface area contributed by atoms with Crippen molar-refractivity contribution < 1.29 is 18.0 Å². The Labute approximate surface area is 128 Å². The first-order valence-corrected chi connectivity index (χ1v) is 7.62. The first-order valence-electron chi connectivity index (χ1n) is 6.74. The highest BCUT2D eigenvalue weighted by Crippen LogP contribution is 2.29. The van der Waals surface area contributed by atoms with Gasteiger partial charge in [0.15, 0.2) is 5.82 Å². The van der Waals surface area contributed by atoms with Crippen LogP contribution in [0.5, 0.6) is 0 Å². The topological polar surface area (TPSA) is 51.0 Å². The van der Waals surface area contributed by atoms with Crippen molar-refractivity contribution in [2.24, 2.45) is 0 Å². The average Bonchev–Trinajstić information content (AvgIpc) is 3.12. The van der Waals surface area contributed by atoms with Gasteiger partial charge in [-0.15, -0.1) is 21.5 Å². The number of amides is 1. The maximum atomic E-state index is 12.7. The molecule has 0 saturated heterocycles. The van der Waals surface area contributed by atoms with Gasteiger partial charge < -0.3 is 9.47 Å². The third kappa shape index (κ3) is 2.99. The molecular formula is C13H13F3N4OS. The highest BCUT2D eigenvalue weighted by molar-refractivity contribution is 7.09. The van der Waals surface area contributed by atoms with E-state index in [1.54, 1.807) is 11.3 Å². The summed E-state index contributed by atoms with van der Waals surface area (Å²) in [4.78, 5) is 14.8. The fourth-order valence-corrected chi connectivity index (χ4v) is 3.13. The number of hydrogen-bond donors (Lipinski definition) is 0. The number of rotatable bonds is 3. The average molecular weight is 330 g/mol. The van der Waals surface area contributed by atoms with E-state index >= 15 is 0 Å². The Hall–Kier alpha value is -1.90. The van der Waals surface area contributed by atoms with Gasteiger partial charge >= 0.3 is 6.18 Å². The molecule has 0 atom stereocenters. The van der Waals surface area contributed by atoms with Crippen LogP contribution in [0.25, 0.3) is 0 Å². The number of hydrogen-bond acceptors (Lipinski definition) is 4. The SMILES string of the molecule is O=C(CCc1cccs1)N1CCn2c(nnc2C(F)(F)F)C1.